The van der Waals surface area contributed by atoms with Crippen LogP contribution >= 0.6 is 0 Å². The Kier molecular flexibility index (Phi) is 6.67. The fourth-order valence-corrected chi connectivity index (χ4v) is 2.99. The van der Waals surface area contributed by atoms with Crippen molar-refractivity contribution in [2.75, 3.05) is 18.8 Å². The molecule has 1 aromatic rings. The van der Waals surface area contributed by atoms with E-state index in [4.69, 9.17) is 10.6 Å². The largest absolute Gasteiger partial charge is 0.399 e. The van der Waals surface area contributed by atoms with Crippen molar-refractivity contribution in [1.82, 2.24) is 5.06 Å². The summed E-state index contributed by atoms with van der Waals surface area (Å²) in [4.78, 5) is 17.4. The average molecular weight is 332 g/mol. The number of carbonyl (C=O) groups excluding carboxylic acids is 1. The SMILES string of the molecule is CC(C)(C)C(=O)ON1CCC(CCCCc2ccc(N)cc2)CC1. The number of hydroxylamine groups is 2. The lowest BCUT2D eigenvalue weighted by Gasteiger charge is -2.32. The molecule has 0 aromatic heterocycles. The van der Waals surface area contributed by atoms with E-state index in [-0.39, 0.29) is 5.97 Å². The van der Waals surface area contributed by atoms with Crippen LogP contribution in [-0.4, -0.2) is 24.1 Å². The zero-order chi connectivity index (χ0) is 17.6. The highest BCUT2D eigenvalue weighted by molar-refractivity contribution is 5.75. The lowest BCUT2D eigenvalue weighted by Crippen LogP contribution is -2.38. The first kappa shape index (κ1) is 18.8. The molecule has 1 aliphatic heterocycles. The molecule has 2 N–H and O–H groups in total. The van der Waals surface area contributed by atoms with E-state index in [1.807, 2.05) is 38.0 Å². The summed E-state index contributed by atoms with van der Waals surface area (Å²) in [6.07, 6.45) is 7.14. The maximum atomic E-state index is 11.9. The molecular weight excluding hydrogens is 300 g/mol. The van der Waals surface area contributed by atoms with E-state index in [2.05, 4.69) is 12.1 Å². The predicted octanol–water partition coefficient (Wildman–Crippen LogP) is 4.20. The smallest absolute Gasteiger partial charge is 0.330 e. The molecule has 1 aromatic carbocycles. The predicted molar refractivity (Wildman–Crippen MR) is 98.3 cm³/mol. The number of carbonyl (C=O) groups is 1. The number of piperidine rings is 1. The van der Waals surface area contributed by atoms with Crippen molar-refractivity contribution >= 4 is 11.7 Å². The van der Waals surface area contributed by atoms with Crippen molar-refractivity contribution in [3.63, 3.8) is 0 Å². The van der Waals surface area contributed by atoms with Crippen LogP contribution in [0.5, 0.6) is 0 Å². The Morgan fingerprint density at radius 2 is 1.79 bits per heavy atom. The molecule has 1 fully saturated rings. The fraction of sp³-hybridized carbons (Fsp3) is 0.650. The molecule has 0 aliphatic carbocycles. The standard InChI is InChI=1S/C20H32N2O2/c1-20(2,3)19(23)24-22-14-12-17(13-15-22)7-5-4-6-16-8-10-18(21)11-9-16/h8-11,17H,4-7,12-15,21H2,1-3H3. The Bertz CT molecular complexity index is 511. The van der Waals surface area contributed by atoms with E-state index in [0.717, 1.165) is 44.0 Å². The zero-order valence-corrected chi connectivity index (χ0v) is 15.4. The van der Waals surface area contributed by atoms with Gasteiger partial charge < -0.3 is 10.6 Å². The Labute approximate surface area is 146 Å². The van der Waals surface area contributed by atoms with E-state index >= 15 is 0 Å². The summed E-state index contributed by atoms with van der Waals surface area (Å²) in [6.45, 7) is 7.41. The monoisotopic (exact) mass is 332 g/mol. The molecule has 1 aliphatic rings. The summed E-state index contributed by atoms with van der Waals surface area (Å²) in [5.41, 5.74) is 7.48. The van der Waals surface area contributed by atoms with Crippen molar-refractivity contribution in [2.45, 2.75) is 59.3 Å². The van der Waals surface area contributed by atoms with Gasteiger partial charge in [-0.2, -0.15) is 0 Å². The first-order chi connectivity index (χ1) is 11.3. The molecule has 134 valence electrons. The van der Waals surface area contributed by atoms with E-state index < -0.39 is 5.41 Å². The summed E-state index contributed by atoms with van der Waals surface area (Å²) in [5.74, 6) is 0.630. The number of unbranched alkanes of at least 4 members (excludes halogenated alkanes) is 1. The van der Waals surface area contributed by atoms with Crippen LogP contribution in [0.15, 0.2) is 24.3 Å². The summed E-state index contributed by atoms with van der Waals surface area (Å²) in [7, 11) is 0. The van der Waals surface area contributed by atoms with E-state index in [1.54, 1.807) is 0 Å². The van der Waals surface area contributed by atoms with Crippen molar-refractivity contribution in [3.8, 4) is 0 Å². The lowest BCUT2D eigenvalue weighted by atomic mass is 9.91. The van der Waals surface area contributed by atoms with Crippen molar-refractivity contribution in [3.05, 3.63) is 29.8 Å². The van der Waals surface area contributed by atoms with Crippen LogP contribution in [0.25, 0.3) is 0 Å². The van der Waals surface area contributed by atoms with Gasteiger partial charge in [0, 0.05) is 18.8 Å². The highest BCUT2D eigenvalue weighted by Crippen LogP contribution is 2.25. The number of benzene rings is 1. The molecule has 0 amide bonds. The summed E-state index contributed by atoms with van der Waals surface area (Å²) in [6, 6.07) is 8.20. The molecule has 0 spiro atoms. The van der Waals surface area contributed by atoms with Gasteiger partial charge in [0.25, 0.3) is 0 Å². The molecule has 4 nitrogen and oxygen atoms in total. The highest BCUT2D eigenvalue weighted by Gasteiger charge is 2.28. The first-order valence-electron chi connectivity index (χ1n) is 9.16. The van der Waals surface area contributed by atoms with Gasteiger partial charge in [-0.05, 0) is 70.1 Å². The van der Waals surface area contributed by atoms with Gasteiger partial charge in [0.05, 0.1) is 5.41 Å². The second-order valence-electron chi connectivity index (χ2n) is 7.99. The van der Waals surface area contributed by atoms with Gasteiger partial charge in [0.2, 0.25) is 0 Å². The summed E-state index contributed by atoms with van der Waals surface area (Å²) < 4.78 is 0. The van der Waals surface area contributed by atoms with Gasteiger partial charge in [-0.25, -0.2) is 4.79 Å². The molecule has 1 saturated heterocycles. The van der Waals surface area contributed by atoms with Crippen molar-refractivity contribution in [1.29, 1.82) is 0 Å². The molecular formula is C20H32N2O2. The second-order valence-corrected chi connectivity index (χ2v) is 7.99. The number of anilines is 1. The third kappa shape index (κ3) is 6.16. The van der Waals surface area contributed by atoms with E-state index in [0.29, 0.717) is 0 Å². The third-order valence-corrected chi connectivity index (χ3v) is 4.71. The average Bonchev–Trinajstić information content (AvgIpc) is 2.54. The molecule has 0 bridgehead atoms. The Hall–Kier alpha value is -1.55. The van der Waals surface area contributed by atoms with Gasteiger partial charge in [-0.1, -0.05) is 25.0 Å². The number of hydrogen-bond donors (Lipinski definition) is 1. The molecule has 4 heteroatoms. The number of nitrogen functional groups attached to an aromatic ring is 1. The number of aryl methyl sites for hydroxylation is 1. The van der Waals surface area contributed by atoms with E-state index in [1.165, 1.54) is 24.8 Å². The van der Waals surface area contributed by atoms with Crippen LogP contribution in [0, 0.1) is 11.3 Å². The van der Waals surface area contributed by atoms with Crippen molar-refractivity contribution in [2.24, 2.45) is 11.3 Å². The van der Waals surface area contributed by atoms with Crippen LogP contribution in [-0.2, 0) is 16.1 Å². The third-order valence-electron chi connectivity index (χ3n) is 4.71. The van der Waals surface area contributed by atoms with Crippen LogP contribution in [0.2, 0.25) is 0 Å². The van der Waals surface area contributed by atoms with Crippen molar-refractivity contribution < 1.29 is 9.63 Å². The molecule has 0 unspecified atom stereocenters. The minimum atomic E-state index is -0.432. The molecule has 0 radical (unpaired) electrons. The molecule has 2 rings (SSSR count). The van der Waals surface area contributed by atoms with Gasteiger partial charge in [0.15, 0.2) is 0 Å². The van der Waals surface area contributed by atoms with Crippen LogP contribution in [0.1, 0.15) is 58.4 Å². The van der Waals surface area contributed by atoms with Crippen LogP contribution in [0.3, 0.4) is 0 Å². The number of nitrogens with two attached hydrogens (primary N) is 1. The van der Waals surface area contributed by atoms with E-state index in [9.17, 15) is 4.79 Å². The maximum absolute atomic E-state index is 11.9. The maximum Gasteiger partial charge on any atom is 0.330 e. The Morgan fingerprint density at radius 1 is 1.17 bits per heavy atom. The highest BCUT2D eigenvalue weighted by atomic mass is 16.7. The van der Waals surface area contributed by atoms with Crippen LogP contribution in [0.4, 0.5) is 5.69 Å². The Morgan fingerprint density at radius 3 is 2.38 bits per heavy atom. The number of hydrogen-bond acceptors (Lipinski definition) is 4. The minimum absolute atomic E-state index is 0.135. The fourth-order valence-electron chi connectivity index (χ4n) is 2.99. The van der Waals surface area contributed by atoms with Gasteiger partial charge in [-0.15, -0.1) is 5.06 Å². The normalized spacial score (nSPS) is 17.0. The first-order valence-corrected chi connectivity index (χ1v) is 9.16. The molecule has 24 heavy (non-hydrogen) atoms. The zero-order valence-electron chi connectivity index (χ0n) is 15.4. The lowest BCUT2D eigenvalue weighted by molar-refractivity contribution is -0.206. The molecule has 0 atom stereocenters. The summed E-state index contributed by atoms with van der Waals surface area (Å²) in [5, 5.41) is 1.85. The van der Waals surface area contributed by atoms with Crippen LogP contribution < -0.4 is 5.73 Å². The van der Waals surface area contributed by atoms with Gasteiger partial charge >= 0.3 is 5.97 Å². The second kappa shape index (κ2) is 8.52. The Balaban J connectivity index is 1.59. The number of nitrogens with zero attached hydrogens (tertiary/aromatic N) is 1. The topological polar surface area (TPSA) is 55.6 Å². The van der Waals surface area contributed by atoms with Gasteiger partial charge in [0.1, 0.15) is 0 Å². The molecule has 1 heterocycles. The number of rotatable bonds is 6. The molecule has 0 saturated carbocycles. The van der Waals surface area contributed by atoms with Gasteiger partial charge in [-0.3, -0.25) is 0 Å². The quantitative estimate of drug-likeness (QED) is 0.626. The minimum Gasteiger partial charge on any atom is -0.399 e. The summed E-state index contributed by atoms with van der Waals surface area (Å²) >= 11 is 0.